The van der Waals surface area contributed by atoms with E-state index >= 15 is 0 Å². The first kappa shape index (κ1) is 12.8. The molecule has 0 heterocycles. The smallest absolute Gasteiger partial charge is 0.274 e. The van der Waals surface area contributed by atoms with Crippen molar-refractivity contribution in [2.75, 3.05) is 0 Å². The Hall–Kier alpha value is -1.62. The van der Waals surface area contributed by atoms with Crippen LogP contribution in [0.2, 0.25) is 0 Å². The lowest BCUT2D eigenvalue weighted by atomic mass is 9.81. The zero-order valence-electron chi connectivity index (χ0n) is 10.2. The van der Waals surface area contributed by atoms with Crippen molar-refractivity contribution >= 4 is 5.69 Å². The minimum absolute atomic E-state index is 0.00544. The van der Waals surface area contributed by atoms with Gasteiger partial charge in [-0.1, -0.05) is 19.3 Å². The topological polar surface area (TPSA) is 89.4 Å². The van der Waals surface area contributed by atoms with E-state index in [4.69, 9.17) is 5.73 Å². The van der Waals surface area contributed by atoms with Crippen molar-refractivity contribution in [3.63, 3.8) is 0 Å². The molecule has 1 fully saturated rings. The third-order valence-electron chi connectivity index (χ3n) is 3.72. The maximum atomic E-state index is 11.0. The molecule has 1 aromatic rings. The number of hydrogen-bond acceptors (Lipinski definition) is 4. The summed E-state index contributed by atoms with van der Waals surface area (Å²) in [6.07, 6.45) is 5.49. The largest absolute Gasteiger partial charge is 0.508 e. The van der Waals surface area contributed by atoms with Gasteiger partial charge in [0.05, 0.1) is 10.5 Å². The number of aromatic hydroxyl groups is 1. The summed E-state index contributed by atoms with van der Waals surface area (Å²) in [6.45, 7) is 0. The summed E-state index contributed by atoms with van der Waals surface area (Å²) in [6, 6.07) is 3.72. The maximum Gasteiger partial charge on any atom is 0.274 e. The molecule has 18 heavy (non-hydrogen) atoms. The van der Waals surface area contributed by atoms with Crippen molar-refractivity contribution in [1.29, 1.82) is 0 Å². The van der Waals surface area contributed by atoms with E-state index in [9.17, 15) is 15.2 Å². The van der Waals surface area contributed by atoms with Gasteiger partial charge < -0.3 is 10.8 Å². The van der Waals surface area contributed by atoms with Gasteiger partial charge in [0.2, 0.25) is 0 Å². The fourth-order valence-electron chi connectivity index (χ4n) is 2.72. The molecule has 1 aromatic carbocycles. The van der Waals surface area contributed by atoms with Crippen molar-refractivity contribution in [3.05, 3.63) is 33.9 Å². The number of rotatable bonds is 3. The summed E-state index contributed by atoms with van der Waals surface area (Å²) in [7, 11) is 0. The summed E-state index contributed by atoms with van der Waals surface area (Å²) in [5.41, 5.74) is 6.62. The Labute approximate surface area is 106 Å². The molecule has 0 saturated heterocycles. The van der Waals surface area contributed by atoms with Crippen LogP contribution in [0.1, 0.15) is 43.7 Å². The number of phenols is 1. The minimum atomic E-state index is -0.433. The summed E-state index contributed by atoms with van der Waals surface area (Å²) >= 11 is 0. The lowest BCUT2D eigenvalue weighted by molar-refractivity contribution is -0.385. The SMILES string of the molecule is N[C@@H](c1cc(O)ccc1[N+](=O)[O-])C1CCCCC1. The van der Waals surface area contributed by atoms with Crippen LogP contribution < -0.4 is 5.73 Å². The molecule has 1 atom stereocenters. The standard InChI is InChI=1S/C13H18N2O3/c14-13(9-4-2-1-3-5-9)11-8-10(16)6-7-12(11)15(17)18/h6-9,13,16H,1-5,14H2/t13-/m1/s1. The molecule has 1 aliphatic rings. The highest BCUT2D eigenvalue weighted by molar-refractivity contribution is 5.46. The van der Waals surface area contributed by atoms with Crippen LogP contribution in [0.3, 0.4) is 0 Å². The van der Waals surface area contributed by atoms with Gasteiger partial charge in [0.1, 0.15) is 5.75 Å². The van der Waals surface area contributed by atoms with Gasteiger partial charge in [-0.05, 0) is 30.9 Å². The van der Waals surface area contributed by atoms with E-state index in [0.717, 1.165) is 25.7 Å². The first-order chi connectivity index (χ1) is 8.59. The van der Waals surface area contributed by atoms with E-state index in [-0.39, 0.29) is 23.4 Å². The number of hydrogen-bond donors (Lipinski definition) is 2. The third kappa shape index (κ3) is 2.61. The van der Waals surface area contributed by atoms with Gasteiger partial charge in [-0.25, -0.2) is 0 Å². The van der Waals surface area contributed by atoms with Gasteiger partial charge in [0.25, 0.3) is 5.69 Å². The zero-order chi connectivity index (χ0) is 13.1. The number of nitro benzene ring substituents is 1. The van der Waals surface area contributed by atoms with Crippen LogP contribution in [0.4, 0.5) is 5.69 Å². The monoisotopic (exact) mass is 250 g/mol. The van der Waals surface area contributed by atoms with Crippen LogP contribution in [0.5, 0.6) is 5.75 Å². The Morgan fingerprint density at radius 2 is 2.00 bits per heavy atom. The Morgan fingerprint density at radius 1 is 1.33 bits per heavy atom. The Morgan fingerprint density at radius 3 is 2.61 bits per heavy atom. The molecule has 0 bridgehead atoms. The molecule has 0 unspecified atom stereocenters. The fraction of sp³-hybridized carbons (Fsp3) is 0.538. The molecule has 5 heteroatoms. The zero-order valence-corrected chi connectivity index (χ0v) is 10.2. The average molecular weight is 250 g/mol. The van der Waals surface area contributed by atoms with Crippen LogP contribution >= 0.6 is 0 Å². The minimum Gasteiger partial charge on any atom is -0.508 e. The van der Waals surface area contributed by atoms with Crippen molar-refractivity contribution in [2.24, 2.45) is 11.7 Å². The van der Waals surface area contributed by atoms with Crippen molar-refractivity contribution in [3.8, 4) is 5.75 Å². The maximum absolute atomic E-state index is 11.0. The molecular weight excluding hydrogens is 232 g/mol. The highest BCUT2D eigenvalue weighted by Crippen LogP contribution is 2.37. The Kier molecular flexibility index (Phi) is 3.81. The third-order valence-corrected chi connectivity index (χ3v) is 3.72. The molecular formula is C13H18N2O3. The summed E-state index contributed by atoms with van der Waals surface area (Å²) in [5, 5.41) is 20.5. The quantitative estimate of drug-likeness (QED) is 0.637. The second kappa shape index (κ2) is 5.35. The van der Waals surface area contributed by atoms with Gasteiger partial charge in [0, 0.05) is 12.1 Å². The number of nitro groups is 1. The fourth-order valence-corrected chi connectivity index (χ4v) is 2.72. The van der Waals surface area contributed by atoms with E-state index in [1.807, 2.05) is 0 Å². The molecule has 5 nitrogen and oxygen atoms in total. The van der Waals surface area contributed by atoms with E-state index in [1.165, 1.54) is 24.6 Å². The molecule has 0 amide bonds. The number of nitrogens with zero attached hydrogens (tertiary/aromatic N) is 1. The first-order valence-electron chi connectivity index (χ1n) is 6.32. The lowest BCUT2D eigenvalue weighted by Gasteiger charge is -2.27. The second-order valence-electron chi connectivity index (χ2n) is 4.92. The normalized spacial score (nSPS) is 18.5. The molecule has 0 aliphatic heterocycles. The predicted molar refractivity (Wildman–Crippen MR) is 68.3 cm³/mol. The van der Waals surface area contributed by atoms with Gasteiger partial charge in [-0.2, -0.15) is 0 Å². The number of nitrogens with two attached hydrogens (primary N) is 1. The Bertz CT molecular complexity index is 442. The summed E-state index contributed by atoms with van der Waals surface area (Å²) in [4.78, 5) is 10.6. The molecule has 0 spiro atoms. The van der Waals surface area contributed by atoms with Crippen LogP contribution in [0.15, 0.2) is 18.2 Å². The van der Waals surface area contributed by atoms with Crippen LogP contribution in [-0.4, -0.2) is 10.0 Å². The van der Waals surface area contributed by atoms with Gasteiger partial charge in [0.15, 0.2) is 0 Å². The van der Waals surface area contributed by atoms with Crippen molar-refractivity contribution in [1.82, 2.24) is 0 Å². The first-order valence-corrected chi connectivity index (χ1v) is 6.32. The number of phenolic OH excluding ortho intramolecular Hbond substituents is 1. The highest BCUT2D eigenvalue weighted by Gasteiger charge is 2.27. The van der Waals surface area contributed by atoms with E-state index in [2.05, 4.69) is 0 Å². The van der Waals surface area contributed by atoms with Crippen molar-refractivity contribution in [2.45, 2.75) is 38.1 Å². The molecule has 1 saturated carbocycles. The molecule has 98 valence electrons. The van der Waals surface area contributed by atoms with Gasteiger partial charge >= 0.3 is 0 Å². The van der Waals surface area contributed by atoms with Crippen LogP contribution in [0.25, 0.3) is 0 Å². The van der Waals surface area contributed by atoms with E-state index in [0.29, 0.717) is 5.56 Å². The van der Waals surface area contributed by atoms with E-state index in [1.54, 1.807) is 0 Å². The summed E-state index contributed by atoms with van der Waals surface area (Å²) < 4.78 is 0. The molecule has 0 radical (unpaired) electrons. The van der Waals surface area contributed by atoms with Gasteiger partial charge in [-0.3, -0.25) is 10.1 Å². The van der Waals surface area contributed by atoms with Gasteiger partial charge in [-0.15, -0.1) is 0 Å². The molecule has 0 aromatic heterocycles. The Balaban J connectivity index is 2.30. The van der Waals surface area contributed by atoms with Crippen LogP contribution in [-0.2, 0) is 0 Å². The lowest BCUT2D eigenvalue weighted by Crippen LogP contribution is -2.24. The molecule has 3 N–H and O–H groups in total. The van der Waals surface area contributed by atoms with E-state index < -0.39 is 4.92 Å². The second-order valence-corrected chi connectivity index (χ2v) is 4.92. The van der Waals surface area contributed by atoms with Crippen molar-refractivity contribution < 1.29 is 10.0 Å². The van der Waals surface area contributed by atoms with Crippen LogP contribution in [0, 0.1) is 16.0 Å². The molecule has 1 aliphatic carbocycles. The average Bonchev–Trinajstić information content (AvgIpc) is 2.38. The predicted octanol–water partition coefficient (Wildman–Crippen LogP) is 2.88. The summed E-state index contributed by atoms with van der Waals surface area (Å²) in [5.74, 6) is 0.307. The number of benzene rings is 1. The molecule has 2 rings (SSSR count). The highest BCUT2D eigenvalue weighted by atomic mass is 16.6.